The maximum absolute atomic E-state index is 13.6. The largest absolute Gasteiger partial charge is 0.345 e. The van der Waals surface area contributed by atoms with Gasteiger partial charge in [0.2, 0.25) is 0 Å². The van der Waals surface area contributed by atoms with Crippen LogP contribution in [0.25, 0.3) is 0 Å². The molecule has 1 atom stereocenters. The molecular formula is C16H15FN2O. The fourth-order valence-corrected chi connectivity index (χ4v) is 2.34. The van der Waals surface area contributed by atoms with Crippen LogP contribution >= 0.6 is 0 Å². The van der Waals surface area contributed by atoms with Gasteiger partial charge in [0.15, 0.2) is 5.82 Å². The van der Waals surface area contributed by atoms with Crippen molar-refractivity contribution in [2.45, 2.75) is 18.9 Å². The summed E-state index contributed by atoms with van der Waals surface area (Å²) in [6.07, 6.45) is 4.67. The van der Waals surface area contributed by atoms with Crippen molar-refractivity contribution in [3.8, 4) is 0 Å². The molecule has 1 aromatic carbocycles. The number of carbonyl (C=O) groups excluding carboxylic acids is 1. The lowest BCUT2D eigenvalue weighted by molar-refractivity contribution is 0.0927. The van der Waals surface area contributed by atoms with E-state index in [4.69, 9.17) is 0 Å². The zero-order valence-corrected chi connectivity index (χ0v) is 10.9. The molecule has 0 spiro atoms. The third-order valence-electron chi connectivity index (χ3n) is 3.56. The SMILES string of the molecule is O=C(NC(c1ccccc1)C1CC1)c1ccncc1F. The van der Waals surface area contributed by atoms with Crippen LogP contribution in [0.4, 0.5) is 4.39 Å². The molecule has 1 saturated carbocycles. The molecule has 0 bridgehead atoms. The van der Waals surface area contributed by atoms with E-state index in [-0.39, 0.29) is 17.5 Å². The first-order valence-electron chi connectivity index (χ1n) is 6.71. The van der Waals surface area contributed by atoms with E-state index in [1.165, 1.54) is 12.3 Å². The van der Waals surface area contributed by atoms with Gasteiger partial charge >= 0.3 is 0 Å². The number of rotatable bonds is 4. The summed E-state index contributed by atoms with van der Waals surface area (Å²) >= 11 is 0. The molecule has 1 unspecified atom stereocenters. The maximum Gasteiger partial charge on any atom is 0.254 e. The van der Waals surface area contributed by atoms with Crippen molar-refractivity contribution in [2.75, 3.05) is 0 Å². The van der Waals surface area contributed by atoms with Gasteiger partial charge in [0, 0.05) is 6.20 Å². The Bertz CT molecular complexity index is 611. The molecule has 20 heavy (non-hydrogen) atoms. The molecule has 4 heteroatoms. The van der Waals surface area contributed by atoms with E-state index in [1.54, 1.807) is 0 Å². The van der Waals surface area contributed by atoms with E-state index < -0.39 is 5.82 Å². The number of nitrogens with zero attached hydrogens (tertiary/aromatic N) is 1. The number of benzene rings is 1. The normalized spacial score (nSPS) is 15.7. The molecule has 102 valence electrons. The molecule has 1 aliphatic rings. The summed E-state index contributed by atoms with van der Waals surface area (Å²) in [5.41, 5.74) is 1.11. The number of aromatic nitrogens is 1. The van der Waals surface area contributed by atoms with Crippen LogP contribution in [0.2, 0.25) is 0 Å². The van der Waals surface area contributed by atoms with Gasteiger partial charge in [0.1, 0.15) is 0 Å². The Morgan fingerprint density at radius 2 is 2.00 bits per heavy atom. The summed E-state index contributed by atoms with van der Waals surface area (Å²) < 4.78 is 13.6. The van der Waals surface area contributed by atoms with Crippen LogP contribution in [-0.2, 0) is 0 Å². The third-order valence-corrected chi connectivity index (χ3v) is 3.56. The fraction of sp³-hybridized carbons (Fsp3) is 0.250. The first-order valence-corrected chi connectivity index (χ1v) is 6.71. The zero-order valence-electron chi connectivity index (χ0n) is 10.9. The van der Waals surface area contributed by atoms with Crippen LogP contribution in [0, 0.1) is 11.7 Å². The van der Waals surface area contributed by atoms with Gasteiger partial charge in [0.05, 0.1) is 17.8 Å². The molecule has 1 aliphatic carbocycles. The lowest BCUT2D eigenvalue weighted by Gasteiger charge is -2.19. The highest BCUT2D eigenvalue weighted by Crippen LogP contribution is 2.41. The predicted molar refractivity (Wildman–Crippen MR) is 73.6 cm³/mol. The van der Waals surface area contributed by atoms with E-state index in [0.29, 0.717) is 5.92 Å². The molecule has 1 N–H and O–H groups in total. The van der Waals surface area contributed by atoms with Crippen molar-refractivity contribution < 1.29 is 9.18 Å². The molecular weight excluding hydrogens is 255 g/mol. The molecule has 3 nitrogen and oxygen atoms in total. The summed E-state index contributed by atoms with van der Waals surface area (Å²) in [6, 6.07) is 11.2. The van der Waals surface area contributed by atoms with Crippen molar-refractivity contribution in [1.82, 2.24) is 10.3 Å². The predicted octanol–water partition coefficient (Wildman–Crippen LogP) is 3.10. The molecule has 1 aromatic heterocycles. The standard InChI is InChI=1S/C16H15FN2O/c17-14-10-18-9-8-13(14)16(20)19-15(12-6-7-12)11-4-2-1-3-5-11/h1-5,8-10,12,15H,6-7H2,(H,19,20). The smallest absolute Gasteiger partial charge is 0.254 e. The highest BCUT2D eigenvalue weighted by atomic mass is 19.1. The Kier molecular flexibility index (Phi) is 3.46. The fourth-order valence-electron chi connectivity index (χ4n) is 2.34. The Hall–Kier alpha value is -2.23. The van der Waals surface area contributed by atoms with Gasteiger partial charge in [-0.15, -0.1) is 0 Å². The monoisotopic (exact) mass is 270 g/mol. The third kappa shape index (κ3) is 2.69. The Morgan fingerprint density at radius 1 is 1.25 bits per heavy atom. The second kappa shape index (κ2) is 5.41. The van der Waals surface area contributed by atoms with Crippen molar-refractivity contribution in [1.29, 1.82) is 0 Å². The van der Waals surface area contributed by atoms with Crippen LogP contribution in [0.15, 0.2) is 48.8 Å². The molecule has 2 aromatic rings. The number of nitrogens with one attached hydrogen (secondary N) is 1. The molecule has 1 amide bonds. The van der Waals surface area contributed by atoms with Crippen LogP contribution in [0.3, 0.4) is 0 Å². The van der Waals surface area contributed by atoms with Gasteiger partial charge in [-0.05, 0) is 30.4 Å². The van der Waals surface area contributed by atoms with E-state index in [1.807, 2.05) is 30.3 Å². The van der Waals surface area contributed by atoms with Crippen LogP contribution in [0.1, 0.15) is 34.8 Å². The summed E-state index contributed by atoms with van der Waals surface area (Å²) in [6.45, 7) is 0. The van der Waals surface area contributed by atoms with Gasteiger partial charge in [-0.1, -0.05) is 30.3 Å². The summed E-state index contributed by atoms with van der Waals surface area (Å²) in [4.78, 5) is 15.9. The van der Waals surface area contributed by atoms with Crippen LogP contribution < -0.4 is 5.32 Å². The zero-order chi connectivity index (χ0) is 13.9. The van der Waals surface area contributed by atoms with Gasteiger partial charge in [0.25, 0.3) is 5.91 Å². The van der Waals surface area contributed by atoms with Crippen molar-refractivity contribution in [3.05, 3.63) is 65.7 Å². The molecule has 0 aliphatic heterocycles. The Balaban J connectivity index is 1.81. The second-order valence-electron chi connectivity index (χ2n) is 5.05. The number of carbonyl (C=O) groups is 1. The minimum absolute atomic E-state index is 0.0431. The molecule has 0 radical (unpaired) electrons. The van der Waals surface area contributed by atoms with Crippen molar-refractivity contribution in [2.24, 2.45) is 5.92 Å². The lowest BCUT2D eigenvalue weighted by atomic mass is 10.0. The van der Waals surface area contributed by atoms with Gasteiger partial charge in [-0.3, -0.25) is 9.78 Å². The minimum Gasteiger partial charge on any atom is -0.345 e. The van der Waals surface area contributed by atoms with Gasteiger partial charge in [-0.25, -0.2) is 4.39 Å². The maximum atomic E-state index is 13.6. The molecule has 0 saturated heterocycles. The van der Waals surface area contributed by atoms with Crippen molar-refractivity contribution >= 4 is 5.91 Å². The minimum atomic E-state index is -0.590. The van der Waals surface area contributed by atoms with E-state index in [2.05, 4.69) is 10.3 Å². The highest BCUT2D eigenvalue weighted by Gasteiger charge is 2.33. The van der Waals surface area contributed by atoms with E-state index in [0.717, 1.165) is 24.6 Å². The van der Waals surface area contributed by atoms with Gasteiger partial charge in [-0.2, -0.15) is 0 Å². The first kappa shape index (κ1) is 12.8. The Labute approximate surface area is 116 Å². The lowest BCUT2D eigenvalue weighted by Crippen LogP contribution is -2.30. The molecule has 3 rings (SSSR count). The molecule has 1 fully saturated rings. The topological polar surface area (TPSA) is 42.0 Å². The summed E-state index contributed by atoms with van der Waals surface area (Å²) in [7, 11) is 0. The molecule has 1 heterocycles. The number of amides is 1. The summed E-state index contributed by atoms with van der Waals surface area (Å²) in [5, 5.41) is 2.95. The number of pyridine rings is 1. The van der Waals surface area contributed by atoms with Crippen molar-refractivity contribution in [3.63, 3.8) is 0 Å². The quantitative estimate of drug-likeness (QED) is 0.927. The number of hydrogen-bond acceptors (Lipinski definition) is 2. The van der Waals surface area contributed by atoms with E-state index >= 15 is 0 Å². The number of hydrogen-bond donors (Lipinski definition) is 1. The van der Waals surface area contributed by atoms with Crippen LogP contribution in [-0.4, -0.2) is 10.9 Å². The average molecular weight is 270 g/mol. The number of halogens is 1. The van der Waals surface area contributed by atoms with Gasteiger partial charge < -0.3 is 5.32 Å². The average Bonchev–Trinajstić information content (AvgIpc) is 3.30. The second-order valence-corrected chi connectivity index (χ2v) is 5.05. The summed E-state index contributed by atoms with van der Waals surface area (Å²) in [5.74, 6) is -0.524. The first-order chi connectivity index (χ1) is 9.75. The van der Waals surface area contributed by atoms with Crippen LogP contribution in [0.5, 0.6) is 0 Å². The highest BCUT2D eigenvalue weighted by molar-refractivity contribution is 5.94. The van der Waals surface area contributed by atoms with E-state index in [9.17, 15) is 9.18 Å². The Morgan fingerprint density at radius 3 is 2.65 bits per heavy atom.